The predicted octanol–water partition coefficient (Wildman–Crippen LogP) is 5.02. The molecule has 0 spiro atoms. The van der Waals surface area contributed by atoms with Crippen LogP contribution in [0.5, 0.6) is 11.5 Å². The Balaban J connectivity index is 1.35. The van der Waals surface area contributed by atoms with Crippen LogP contribution in [0.15, 0.2) is 59.8 Å². The van der Waals surface area contributed by atoms with E-state index in [-0.39, 0.29) is 0 Å². The Kier molecular flexibility index (Phi) is 5.84. The minimum absolute atomic E-state index is 0.355. The van der Waals surface area contributed by atoms with Crippen LogP contribution in [0.3, 0.4) is 0 Å². The van der Waals surface area contributed by atoms with Gasteiger partial charge in [-0.3, -0.25) is 0 Å². The van der Waals surface area contributed by atoms with Gasteiger partial charge in [0.1, 0.15) is 18.1 Å². The number of rotatable bonds is 9. The van der Waals surface area contributed by atoms with Crippen molar-refractivity contribution in [3.05, 3.63) is 65.4 Å². The van der Waals surface area contributed by atoms with Gasteiger partial charge in [-0.1, -0.05) is 53.7 Å². The maximum atomic E-state index is 6.16. The van der Waals surface area contributed by atoms with E-state index in [0.717, 1.165) is 35.3 Å². The monoisotopic (exact) mass is 401 g/mol. The van der Waals surface area contributed by atoms with Gasteiger partial charge in [0.2, 0.25) is 0 Å². The Morgan fingerprint density at radius 2 is 1.78 bits per heavy atom. The smallest absolute Gasteiger partial charge is 0.191 e. The average molecular weight is 402 g/mol. The van der Waals surface area contributed by atoms with Crippen LogP contribution in [-0.4, -0.2) is 27.1 Å². The summed E-state index contributed by atoms with van der Waals surface area (Å²) in [4.78, 5) is 0. The van der Waals surface area contributed by atoms with Crippen LogP contribution < -0.4 is 9.47 Å². The molecule has 0 radical (unpaired) electrons. The molecular formula is C20H20ClN3O2S. The average Bonchev–Trinajstić information content (AvgIpc) is 3.46. The zero-order valence-corrected chi connectivity index (χ0v) is 16.3. The Morgan fingerprint density at radius 1 is 1.00 bits per heavy atom. The van der Waals surface area contributed by atoms with E-state index in [9.17, 15) is 0 Å². The van der Waals surface area contributed by atoms with E-state index in [2.05, 4.69) is 14.8 Å². The molecule has 0 bridgehead atoms. The lowest BCUT2D eigenvalue weighted by molar-refractivity contribution is 0.288. The summed E-state index contributed by atoms with van der Waals surface area (Å²) in [5.41, 5.74) is 0. The molecule has 1 saturated carbocycles. The number of halogens is 1. The second-order valence-corrected chi connectivity index (χ2v) is 7.70. The normalized spacial score (nSPS) is 13.5. The SMILES string of the molecule is Clc1ccccc1OCc1nnc(SCCOc2ccccc2)n1C1CC1. The third-order valence-corrected chi connectivity index (χ3v) is 5.39. The van der Waals surface area contributed by atoms with Gasteiger partial charge in [-0.2, -0.15) is 0 Å². The summed E-state index contributed by atoms with van der Waals surface area (Å²) in [5.74, 6) is 3.19. The van der Waals surface area contributed by atoms with Crippen LogP contribution in [0.1, 0.15) is 24.7 Å². The third-order valence-electron chi connectivity index (χ3n) is 4.17. The first kappa shape index (κ1) is 18.2. The van der Waals surface area contributed by atoms with E-state index in [4.69, 9.17) is 21.1 Å². The maximum absolute atomic E-state index is 6.16. The summed E-state index contributed by atoms with van der Waals surface area (Å²) in [6.45, 7) is 0.978. The van der Waals surface area contributed by atoms with Gasteiger partial charge in [0.15, 0.2) is 11.0 Å². The highest BCUT2D eigenvalue weighted by Gasteiger charge is 2.29. The summed E-state index contributed by atoms with van der Waals surface area (Å²) in [7, 11) is 0. The van der Waals surface area contributed by atoms with Crippen molar-refractivity contribution in [2.75, 3.05) is 12.4 Å². The molecule has 1 heterocycles. The van der Waals surface area contributed by atoms with Gasteiger partial charge in [0, 0.05) is 11.8 Å². The van der Waals surface area contributed by atoms with Crippen molar-refractivity contribution in [3.63, 3.8) is 0 Å². The lowest BCUT2D eigenvalue weighted by Gasteiger charge is -2.11. The van der Waals surface area contributed by atoms with Crippen molar-refractivity contribution in [1.29, 1.82) is 0 Å². The van der Waals surface area contributed by atoms with Crippen LogP contribution in [0.25, 0.3) is 0 Å². The summed E-state index contributed by atoms with van der Waals surface area (Å²) < 4.78 is 13.8. The number of thioether (sulfide) groups is 1. The fraction of sp³-hybridized carbons (Fsp3) is 0.300. The van der Waals surface area contributed by atoms with E-state index in [1.807, 2.05) is 54.6 Å². The number of hydrogen-bond donors (Lipinski definition) is 0. The molecule has 0 amide bonds. The first-order valence-corrected chi connectivity index (χ1v) is 10.3. The van der Waals surface area contributed by atoms with Crippen LogP contribution in [0, 0.1) is 0 Å². The molecule has 0 atom stereocenters. The van der Waals surface area contributed by atoms with E-state index < -0.39 is 0 Å². The molecule has 0 N–H and O–H groups in total. The van der Waals surface area contributed by atoms with Gasteiger partial charge >= 0.3 is 0 Å². The topological polar surface area (TPSA) is 49.2 Å². The zero-order chi connectivity index (χ0) is 18.5. The minimum Gasteiger partial charge on any atom is -0.493 e. The molecule has 4 rings (SSSR count). The lowest BCUT2D eigenvalue weighted by atomic mass is 10.3. The number of benzene rings is 2. The molecule has 5 nitrogen and oxygen atoms in total. The van der Waals surface area contributed by atoms with Gasteiger partial charge in [0.25, 0.3) is 0 Å². The number of hydrogen-bond acceptors (Lipinski definition) is 5. The lowest BCUT2D eigenvalue weighted by Crippen LogP contribution is -2.08. The van der Waals surface area contributed by atoms with Crippen molar-refractivity contribution < 1.29 is 9.47 Å². The van der Waals surface area contributed by atoms with E-state index in [1.165, 1.54) is 0 Å². The molecule has 1 aromatic heterocycles. The second-order valence-electron chi connectivity index (χ2n) is 6.23. The largest absolute Gasteiger partial charge is 0.493 e. The van der Waals surface area contributed by atoms with E-state index in [0.29, 0.717) is 30.0 Å². The molecule has 2 aromatic carbocycles. The van der Waals surface area contributed by atoms with Gasteiger partial charge in [0.05, 0.1) is 11.6 Å². The third kappa shape index (κ3) is 4.76. The highest BCUT2D eigenvalue weighted by Crippen LogP contribution is 2.39. The number of aromatic nitrogens is 3. The molecule has 1 aliphatic rings. The van der Waals surface area contributed by atoms with Crippen molar-refractivity contribution in [2.24, 2.45) is 0 Å². The zero-order valence-electron chi connectivity index (χ0n) is 14.8. The molecule has 3 aromatic rings. The molecular weight excluding hydrogens is 382 g/mol. The molecule has 7 heteroatoms. The second kappa shape index (κ2) is 8.67. The molecule has 27 heavy (non-hydrogen) atoms. The highest BCUT2D eigenvalue weighted by atomic mass is 35.5. The minimum atomic E-state index is 0.355. The van der Waals surface area contributed by atoms with Crippen molar-refractivity contribution in [1.82, 2.24) is 14.8 Å². The van der Waals surface area contributed by atoms with Crippen LogP contribution in [0.2, 0.25) is 5.02 Å². The van der Waals surface area contributed by atoms with Crippen molar-refractivity contribution in [3.8, 4) is 11.5 Å². The van der Waals surface area contributed by atoms with Gasteiger partial charge in [-0.05, 0) is 37.1 Å². The quantitative estimate of drug-likeness (QED) is 0.372. The molecule has 0 aliphatic heterocycles. The summed E-state index contributed by atoms with van der Waals surface area (Å²) in [6.07, 6.45) is 2.32. The highest BCUT2D eigenvalue weighted by molar-refractivity contribution is 7.99. The van der Waals surface area contributed by atoms with E-state index >= 15 is 0 Å². The number of nitrogens with zero attached hydrogens (tertiary/aromatic N) is 3. The standard InChI is InChI=1S/C20H20ClN3O2S/c21-17-8-4-5-9-18(17)26-14-19-22-23-20(24(19)15-10-11-15)27-13-12-25-16-6-2-1-3-7-16/h1-9,15H,10-14H2. The van der Waals surface area contributed by atoms with Crippen LogP contribution >= 0.6 is 23.4 Å². The molecule has 1 aliphatic carbocycles. The van der Waals surface area contributed by atoms with Crippen molar-refractivity contribution >= 4 is 23.4 Å². The first-order valence-electron chi connectivity index (χ1n) is 8.93. The molecule has 0 saturated heterocycles. The Labute approximate surface area is 167 Å². The first-order chi connectivity index (χ1) is 13.3. The van der Waals surface area contributed by atoms with Crippen LogP contribution in [-0.2, 0) is 6.61 Å². The maximum Gasteiger partial charge on any atom is 0.191 e. The van der Waals surface area contributed by atoms with Crippen molar-refractivity contribution in [2.45, 2.75) is 30.6 Å². The summed E-state index contributed by atoms with van der Waals surface area (Å²) >= 11 is 7.82. The predicted molar refractivity (Wildman–Crippen MR) is 107 cm³/mol. The Morgan fingerprint density at radius 3 is 2.56 bits per heavy atom. The fourth-order valence-corrected chi connectivity index (χ4v) is 3.75. The van der Waals surface area contributed by atoms with Gasteiger partial charge in [-0.15, -0.1) is 10.2 Å². The van der Waals surface area contributed by atoms with Crippen LogP contribution in [0.4, 0.5) is 0 Å². The number of para-hydroxylation sites is 2. The molecule has 1 fully saturated rings. The van der Waals surface area contributed by atoms with Gasteiger partial charge in [-0.25, -0.2) is 0 Å². The van der Waals surface area contributed by atoms with E-state index in [1.54, 1.807) is 11.8 Å². The number of ether oxygens (including phenoxy) is 2. The summed E-state index contributed by atoms with van der Waals surface area (Å²) in [5, 5.41) is 10.2. The Hall–Kier alpha value is -2.18. The summed E-state index contributed by atoms with van der Waals surface area (Å²) in [6, 6.07) is 17.8. The molecule has 140 valence electrons. The fourth-order valence-electron chi connectivity index (χ4n) is 2.72. The van der Waals surface area contributed by atoms with Gasteiger partial charge < -0.3 is 14.0 Å². The Bertz CT molecular complexity index is 884. The molecule has 0 unspecified atom stereocenters.